The number of rotatable bonds is 7. The highest BCUT2D eigenvalue weighted by molar-refractivity contribution is 6.06. The molecule has 0 bridgehead atoms. The molecule has 4 N–H and O–H groups in total. The van der Waals surface area contributed by atoms with E-state index in [1.54, 1.807) is 6.92 Å². The Labute approximate surface area is 114 Å². The molecule has 2 saturated carbocycles. The van der Waals surface area contributed by atoms with Gasteiger partial charge in [-0.25, -0.2) is 0 Å². The molecule has 0 radical (unpaired) electrons. The second kappa shape index (κ2) is 5.39. The van der Waals surface area contributed by atoms with Crippen molar-refractivity contribution in [3.63, 3.8) is 0 Å². The first-order valence-corrected chi connectivity index (χ1v) is 7.29. The predicted molar refractivity (Wildman–Crippen MR) is 73.8 cm³/mol. The van der Waals surface area contributed by atoms with Crippen molar-refractivity contribution in [3.8, 4) is 0 Å². The first-order valence-electron chi connectivity index (χ1n) is 7.29. The number of oxime groups is 1. The van der Waals surface area contributed by atoms with E-state index in [1.165, 1.54) is 25.7 Å². The highest BCUT2D eigenvalue weighted by atomic mass is 16.4. The first-order chi connectivity index (χ1) is 9.02. The van der Waals surface area contributed by atoms with Crippen molar-refractivity contribution in [1.29, 1.82) is 0 Å². The van der Waals surface area contributed by atoms with Gasteiger partial charge in [0.05, 0.1) is 0 Å². The smallest absolute Gasteiger partial charge is 0.233 e. The Morgan fingerprint density at radius 3 is 2.32 bits per heavy atom. The lowest BCUT2D eigenvalue weighted by Gasteiger charge is -2.27. The van der Waals surface area contributed by atoms with E-state index in [-0.39, 0.29) is 11.7 Å². The van der Waals surface area contributed by atoms with Crippen LogP contribution in [-0.2, 0) is 4.79 Å². The number of hydrogen-bond acceptors (Lipinski definition) is 3. The van der Waals surface area contributed by atoms with Gasteiger partial charge < -0.3 is 16.3 Å². The standard InChI is InChI=1S/C14H25N3O2/c1-3-14(2,12(15)17-19)13(18)16-8-11(9-4-5-9)10-6-7-10/h9-11,19H,3-8H2,1-2H3,(H2,15,17)(H,16,18). The summed E-state index contributed by atoms with van der Waals surface area (Å²) in [5, 5.41) is 14.8. The van der Waals surface area contributed by atoms with Crippen molar-refractivity contribution in [2.45, 2.75) is 46.0 Å². The fraction of sp³-hybridized carbons (Fsp3) is 0.857. The number of carbonyl (C=O) groups is 1. The molecule has 0 aliphatic heterocycles. The summed E-state index contributed by atoms with van der Waals surface area (Å²) in [7, 11) is 0. The van der Waals surface area contributed by atoms with Gasteiger partial charge in [0.15, 0.2) is 5.84 Å². The second-order valence-electron chi connectivity index (χ2n) is 6.22. The number of hydrogen-bond donors (Lipinski definition) is 3. The summed E-state index contributed by atoms with van der Waals surface area (Å²) < 4.78 is 0. The lowest BCUT2D eigenvalue weighted by molar-refractivity contribution is -0.127. The van der Waals surface area contributed by atoms with E-state index in [0.29, 0.717) is 12.3 Å². The average Bonchev–Trinajstić information content (AvgIpc) is 3.28. The highest BCUT2D eigenvalue weighted by Crippen LogP contribution is 2.48. The van der Waals surface area contributed by atoms with Gasteiger partial charge in [-0.15, -0.1) is 0 Å². The molecule has 1 amide bonds. The zero-order chi connectivity index (χ0) is 14.0. The summed E-state index contributed by atoms with van der Waals surface area (Å²) in [6, 6.07) is 0. The second-order valence-corrected chi connectivity index (χ2v) is 6.22. The number of amides is 1. The van der Waals surface area contributed by atoms with Crippen molar-refractivity contribution in [2.24, 2.45) is 34.1 Å². The van der Waals surface area contributed by atoms with Crippen LogP contribution in [0.25, 0.3) is 0 Å². The summed E-state index contributed by atoms with van der Waals surface area (Å²) in [5.74, 6) is 2.12. The van der Waals surface area contributed by atoms with Gasteiger partial charge in [-0.2, -0.15) is 0 Å². The molecule has 0 heterocycles. The van der Waals surface area contributed by atoms with E-state index in [9.17, 15) is 4.79 Å². The summed E-state index contributed by atoms with van der Waals surface area (Å²) in [6.45, 7) is 4.33. The number of nitrogens with two attached hydrogens (primary N) is 1. The minimum atomic E-state index is -0.910. The van der Waals surface area contributed by atoms with Crippen LogP contribution in [-0.4, -0.2) is 23.5 Å². The Hall–Kier alpha value is -1.26. The number of nitrogens with zero attached hydrogens (tertiary/aromatic N) is 1. The molecule has 0 spiro atoms. The maximum atomic E-state index is 12.3. The zero-order valence-corrected chi connectivity index (χ0v) is 11.9. The molecule has 0 aromatic carbocycles. The highest BCUT2D eigenvalue weighted by Gasteiger charge is 2.42. The van der Waals surface area contributed by atoms with Crippen LogP contribution in [0, 0.1) is 23.2 Å². The van der Waals surface area contributed by atoms with Gasteiger partial charge in [-0.1, -0.05) is 12.1 Å². The van der Waals surface area contributed by atoms with Crippen LogP contribution in [0.4, 0.5) is 0 Å². The molecule has 2 rings (SSSR count). The molecular formula is C14H25N3O2. The Morgan fingerprint density at radius 1 is 1.42 bits per heavy atom. The first kappa shape index (κ1) is 14.2. The van der Waals surface area contributed by atoms with Crippen LogP contribution in [0.5, 0.6) is 0 Å². The molecule has 2 aliphatic rings. The van der Waals surface area contributed by atoms with Gasteiger partial charge in [0.25, 0.3) is 0 Å². The number of amidine groups is 1. The van der Waals surface area contributed by atoms with Crippen LogP contribution in [0.1, 0.15) is 46.0 Å². The molecule has 19 heavy (non-hydrogen) atoms. The van der Waals surface area contributed by atoms with Crippen LogP contribution in [0.3, 0.4) is 0 Å². The molecule has 5 nitrogen and oxygen atoms in total. The topological polar surface area (TPSA) is 87.7 Å². The van der Waals surface area contributed by atoms with Crippen LogP contribution >= 0.6 is 0 Å². The lowest BCUT2D eigenvalue weighted by atomic mass is 9.85. The normalized spacial score (nSPS) is 23.2. The minimum absolute atomic E-state index is 0.0121. The van der Waals surface area contributed by atoms with E-state index in [0.717, 1.165) is 18.4 Å². The van der Waals surface area contributed by atoms with Gasteiger partial charge in [-0.3, -0.25) is 4.79 Å². The summed E-state index contributed by atoms with van der Waals surface area (Å²) in [5.41, 5.74) is 4.74. The van der Waals surface area contributed by atoms with Crippen LogP contribution in [0.15, 0.2) is 5.16 Å². The molecular weight excluding hydrogens is 242 g/mol. The molecule has 108 valence electrons. The van der Waals surface area contributed by atoms with Crippen LogP contribution < -0.4 is 11.1 Å². The Kier molecular flexibility index (Phi) is 4.02. The monoisotopic (exact) mass is 267 g/mol. The maximum absolute atomic E-state index is 12.3. The third-order valence-corrected chi connectivity index (χ3v) is 4.83. The quantitative estimate of drug-likeness (QED) is 0.284. The van der Waals surface area contributed by atoms with E-state index in [4.69, 9.17) is 10.9 Å². The summed E-state index contributed by atoms with van der Waals surface area (Å²) in [6.07, 6.45) is 5.75. The molecule has 1 atom stereocenters. The number of carbonyl (C=O) groups excluding carboxylic acids is 1. The van der Waals surface area contributed by atoms with E-state index in [1.807, 2.05) is 6.92 Å². The Balaban J connectivity index is 1.91. The van der Waals surface area contributed by atoms with Crippen molar-refractivity contribution in [3.05, 3.63) is 0 Å². The molecule has 0 aromatic heterocycles. The van der Waals surface area contributed by atoms with E-state index >= 15 is 0 Å². The number of nitrogens with one attached hydrogen (secondary N) is 1. The third kappa shape index (κ3) is 3.01. The Bertz CT molecular complexity index is 363. The van der Waals surface area contributed by atoms with Crippen molar-refractivity contribution < 1.29 is 10.0 Å². The van der Waals surface area contributed by atoms with Crippen molar-refractivity contribution in [1.82, 2.24) is 5.32 Å². The van der Waals surface area contributed by atoms with Gasteiger partial charge in [0.1, 0.15) is 5.41 Å². The van der Waals surface area contributed by atoms with Crippen molar-refractivity contribution >= 4 is 11.7 Å². The third-order valence-electron chi connectivity index (χ3n) is 4.83. The molecule has 2 aliphatic carbocycles. The molecule has 1 unspecified atom stereocenters. The fourth-order valence-electron chi connectivity index (χ4n) is 2.74. The minimum Gasteiger partial charge on any atom is -0.409 e. The van der Waals surface area contributed by atoms with E-state index < -0.39 is 5.41 Å². The Morgan fingerprint density at radius 2 is 1.95 bits per heavy atom. The van der Waals surface area contributed by atoms with Gasteiger partial charge in [-0.05, 0) is 56.8 Å². The fourth-order valence-corrected chi connectivity index (χ4v) is 2.74. The molecule has 0 saturated heterocycles. The zero-order valence-electron chi connectivity index (χ0n) is 11.9. The lowest BCUT2D eigenvalue weighted by Crippen LogP contribution is -2.48. The maximum Gasteiger partial charge on any atom is 0.233 e. The van der Waals surface area contributed by atoms with Gasteiger partial charge >= 0.3 is 0 Å². The summed E-state index contributed by atoms with van der Waals surface area (Å²) >= 11 is 0. The van der Waals surface area contributed by atoms with Crippen LogP contribution in [0.2, 0.25) is 0 Å². The van der Waals surface area contributed by atoms with E-state index in [2.05, 4.69) is 10.5 Å². The van der Waals surface area contributed by atoms with Gasteiger partial charge in [0, 0.05) is 6.54 Å². The van der Waals surface area contributed by atoms with Crippen molar-refractivity contribution in [2.75, 3.05) is 6.54 Å². The largest absolute Gasteiger partial charge is 0.409 e. The molecule has 0 aromatic rings. The predicted octanol–water partition coefficient (Wildman–Crippen LogP) is 1.70. The summed E-state index contributed by atoms with van der Waals surface area (Å²) in [4.78, 5) is 12.3. The molecule has 2 fully saturated rings. The molecule has 5 heteroatoms. The van der Waals surface area contributed by atoms with Gasteiger partial charge in [0.2, 0.25) is 5.91 Å². The average molecular weight is 267 g/mol. The SMILES string of the molecule is CCC(C)(C(=O)NCC(C1CC1)C1CC1)C(N)=NO.